The number of nitrogens with zero attached hydrogens (tertiary/aromatic N) is 1. The molecular weight excluding hydrogens is 240 g/mol. The quantitative estimate of drug-likeness (QED) is 0.416. The van der Waals surface area contributed by atoms with Gasteiger partial charge in [-0.05, 0) is 31.9 Å². The van der Waals surface area contributed by atoms with Crippen molar-refractivity contribution in [1.82, 2.24) is 10.6 Å². The molecule has 0 saturated heterocycles. The van der Waals surface area contributed by atoms with Gasteiger partial charge in [0.15, 0.2) is 5.96 Å². The van der Waals surface area contributed by atoms with Gasteiger partial charge in [-0.15, -0.1) is 0 Å². The minimum absolute atomic E-state index is 0.0797. The Morgan fingerprint density at radius 2 is 2.05 bits per heavy atom. The number of benzene rings is 1. The summed E-state index contributed by atoms with van der Waals surface area (Å²) in [7, 11) is 0. The lowest BCUT2D eigenvalue weighted by Gasteiger charge is -2.05. The second kappa shape index (κ2) is 6.22. The third kappa shape index (κ3) is 4.62. The van der Waals surface area contributed by atoms with Gasteiger partial charge < -0.3 is 16.4 Å². The molecule has 0 unspecified atom stereocenters. The molecule has 1 fully saturated rings. The number of aliphatic imine (C=N–C) groups is 1. The van der Waals surface area contributed by atoms with Gasteiger partial charge in [-0.1, -0.05) is 17.7 Å². The zero-order chi connectivity index (χ0) is 13.7. The van der Waals surface area contributed by atoms with Crippen LogP contribution in [0.5, 0.6) is 0 Å². The maximum Gasteiger partial charge on any atom is 0.251 e. The second-order valence-corrected chi connectivity index (χ2v) is 4.81. The summed E-state index contributed by atoms with van der Waals surface area (Å²) < 4.78 is 0. The lowest BCUT2D eigenvalue weighted by atomic mass is 10.1. The number of hydrogen-bond donors (Lipinski definition) is 3. The van der Waals surface area contributed by atoms with Crippen LogP contribution in [0.1, 0.15) is 28.8 Å². The van der Waals surface area contributed by atoms with Crippen LogP contribution in [0.3, 0.4) is 0 Å². The molecule has 0 atom stereocenters. The highest BCUT2D eigenvalue weighted by atomic mass is 16.1. The minimum Gasteiger partial charge on any atom is -0.370 e. The molecule has 0 aromatic heterocycles. The van der Waals surface area contributed by atoms with Crippen molar-refractivity contribution in [3.05, 3.63) is 35.4 Å². The number of aryl methyl sites for hydroxylation is 1. The van der Waals surface area contributed by atoms with Crippen LogP contribution in [-0.2, 0) is 0 Å². The van der Waals surface area contributed by atoms with E-state index < -0.39 is 0 Å². The second-order valence-electron chi connectivity index (χ2n) is 4.81. The molecule has 1 saturated carbocycles. The number of hydrogen-bond acceptors (Lipinski definition) is 2. The van der Waals surface area contributed by atoms with Crippen LogP contribution in [0.15, 0.2) is 29.3 Å². The smallest absolute Gasteiger partial charge is 0.251 e. The molecule has 1 aliphatic carbocycles. The Morgan fingerprint density at radius 1 is 1.37 bits per heavy atom. The standard InChI is InChI=1S/C14H20N4O/c1-10-2-4-11(5-3-10)13(19)16-8-9-17-14(15)18-12-6-7-12/h2-5,12H,6-9H2,1H3,(H,16,19)(H3,15,17,18). The molecule has 0 radical (unpaired) electrons. The van der Waals surface area contributed by atoms with Gasteiger partial charge in [0.2, 0.25) is 0 Å². The number of nitrogens with one attached hydrogen (secondary N) is 2. The summed E-state index contributed by atoms with van der Waals surface area (Å²) >= 11 is 0. The van der Waals surface area contributed by atoms with Crippen LogP contribution in [-0.4, -0.2) is 31.0 Å². The Morgan fingerprint density at radius 3 is 2.68 bits per heavy atom. The molecule has 1 aliphatic rings. The van der Waals surface area contributed by atoms with E-state index in [0.29, 0.717) is 30.7 Å². The fraction of sp³-hybridized carbons (Fsp3) is 0.429. The zero-order valence-electron chi connectivity index (χ0n) is 11.1. The first-order valence-corrected chi connectivity index (χ1v) is 6.56. The Balaban J connectivity index is 1.69. The molecular formula is C14H20N4O. The summed E-state index contributed by atoms with van der Waals surface area (Å²) in [4.78, 5) is 15.9. The van der Waals surface area contributed by atoms with Gasteiger partial charge in [-0.2, -0.15) is 0 Å². The lowest BCUT2D eigenvalue weighted by Crippen LogP contribution is -2.34. The lowest BCUT2D eigenvalue weighted by molar-refractivity contribution is 0.0955. The number of guanidine groups is 1. The molecule has 0 spiro atoms. The largest absolute Gasteiger partial charge is 0.370 e. The summed E-state index contributed by atoms with van der Waals surface area (Å²) in [6.07, 6.45) is 2.33. The van der Waals surface area contributed by atoms with Crippen molar-refractivity contribution in [3.63, 3.8) is 0 Å². The van der Waals surface area contributed by atoms with Crippen LogP contribution >= 0.6 is 0 Å². The monoisotopic (exact) mass is 260 g/mol. The number of rotatable bonds is 5. The van der Waals surface area contributed by atoms with E-state index in [2.05, 4.69) is 15.6 Å². The Hall–Kier alpha value is -2.04. The summed E-state index contributed by atoms with van der Waals surface area (Å²) in [5.41, 5.74) is 7.49. The summed E-state index contributed by atoms with van der Waals surface area (Å²) in [5.74, 6) is 0.385. The number of amides is 1. The summed E-state index contributed by atoms with van der Waals surface area (Å²) in [6, 6.07) is 7.98. The van der Waals surface area contributed by atoms with E-state index in [1.54, 1.807) is 0 Å². The van der Waals surface area contributed by atoms with Crippen LogP contribution in [0.25, 0.3) is 0 Å². The maximum absolute atomic E-state index is 11.8. The van der Waals surface area contributed by atoms with Gasteiger partial charge in [-0.3, -0.25) is 9.79 Å². The molecule has 19 heavy (non-hydrogen) atoms. The van der Waals surface area contributed by atoms with E-state index in [9.17, 15) is 4.79 Å². The molecule has 4 N–H and O–H groups in total. The topological polar surface area (TPSA) is 79.5 Å². The van der Waals surface area contributed by atoms with E-state index in [0.717, 1.165) is 5.56 Å². The molecule has 5 nitrogen and oxygen atoms in total. The normalized spacial score (nSPS) is 15.1. The highest BCUT2D eigenvalue weighted by molar-refractivity contribution is 5.94. The van der Waals surface area contributed by atoms with E-state index >= 15 is 0 Å². The van der Waals surface area contributed by atoms with Gasteiger partial charge in [0, 0.05) is 18.2 Å². The van der Waals surface area contributed by atoms with Crippen molar-refractivity contribution >= 4 is 11.9 Å². The van der Waals surface area contributed by atoms with Gasteiger partial charge in [0.1, 0.15) is 0 Å². The van der Waals surface area contributed by atoms with Crippen molar-refractivity contribution in [3.8, 4) is 0 Å². The highest BCUT2D eigenvalue weighted by Gasteiger charge is 2.21. The number of carbonyl (C=O) groups excluding carboxylic acids is 1. The first-order valence-electron chi connectivity index (χ1n) is 6.56. The molecule has 2 rings (SSSR count). The van der Waals surface area contributed by atoms with Crippen LogP contribution in [0.4, 0.5) is 0 Å². The first-order chi connectivity index (χ1) is 9.15. The third-order valence-electron chi connectivity index (χ3n) is 2.92. The molecule has 0 bridgehead atoms. The van der Waals surface area contributed by atoms with Crippen LogP contribution in [0, 0.1) is 6.92 Å². The van der Waals surface area contributed by atoms with Crippen molar-refractivity contribution in [2.45, 2.75) is 25.8 Å². The molecule has 1 amide bonds. The summed E-state index contributed by atoms with van der Waals surface area (Å²) in [5, 5.41) is 5.91. The van der Waals surface area contributed by atoms with E-state index in [1.165, 1.54) is 12.8 Å². The van der Waals surface area contributed by atoms with Gasteiger partial charge in [0.05, 0.1) is 6.54 Å². The molecule has 1 aromatic rings. The SMILES string of the molecule is Cc1ccc(C(=O)NCCN=C(N)NC2CC2)cc1. The fourth-order valence-corrected chi connectivity index (χ4v) is 1.64. The van der Waals surface area contributed by atoms with Gasteiger partial charge in [0.25, 0.3) is 5.91 Å². The number of nitrogens with two attached hydrogens (primary N) is 1. The predicted molar refractivity (Wildman–Crippen MR) is 76.2 cm³/mol. The molecule has 102 valence electrons. The maximum atomic E-state index is 11.8. The highest BCUT2D eigenvalue weighted by Crippen LogP contribution is 2.17. The Bertz CT molecular complexity index is 463. The molecule has 5 heteroatoms. The van der Waals surface area contributed by atoms with Crippen molar-refractivity contribution in [2.75, 3.05) is 13.1 Å². The van der Waals surface area contributed by atoms with Crippen molar-refractivity contribution in [1.29, 1.82) is 0 Å². The third-order valence-corrected chi connectivity index (χ3v) is 2.92. The van der Waals surface area contributed by atoms with E-state index in [1.807, 2.05) is 31.2 Å². The Kier molecular flexibility index (Phi) is 4.39. The summed E-state index contributed by atoms with van der Waals surface area (Å²) in [6.45, 7) is 2.97. The van der Waals surface area contributed by atoms with Gasteiger partial charge >= 0.3 is 0 Å². The fourth-order valence-electron chi connectivity index (χ4n) is 1.64. The Labute approximate surface area is 113 Å². The zero-order valence-corrected chi connectivity index (χ0v) is 11.1. The molecule has 0 aliphatic heterocycles. The van der Waals surface area contributed by atoms with Crippen LogP contribution < -0.4 is 16.4 Å². The molecule has 0 heterocycles. The van der Waals surface area contributed by atoms with Crippen molar-refractivity contribution < 1.29 is 4.79 Å². The van der Waals surface area contributed by atoms with Gasteiger partial charge in [-0.25, -0.2) is 0 Å². The average Bonchev–Trinajstić information content (AvgIpc) is 3.19. The minimum atomic E-state index is -0.0797. The first kappa shape index (κ1) is 13.4. The van der Waals surface area contributed by atoms with Crippen molar-refractivity contribution in [2.24, 2.45) is 10.7 Å². The number of carbonyl (C=O) groups is 1. The van der Waals surface area contributed by atoms with E-state index in [4.69, 9.17) is 5.73 Å². The average molecular weight is 260 g/mol. The molecule has 1 aromatic carbocycles. The predicted octanol–water partition coefficient (Wildman–Crippen LogP) is 0.792. The van der Waals surface area contributed by atoms with Crippen LogP contribution in [0.2, 0.25) is 0 Å². The van der Waals surface area contributed by atoms with E-state index in [-0.39, 0.29) is 5.91 Å².